The quantitative estimate of drug-likeness (QED) is 0.644. The zero-order chi connectivity index (χ0) is 16.4. The second-order valence-corrected chi connectivity index (χ2v) is 6.53. The van der Waals surface area contributed by atoms with Crippen LogP contribution in [0.1, 0.15) is 60.4 Å². The molecule has 0 saturated carbocycles. The number of rotatable bonds is 4. The van der Waals surface area contributed by atoms with E-state index in [4.69, 9.17) is 0 Å². The van der Waals surface area contributed by atoms with Crippen LogP contribution in [0.25, 0.3) is 0 Å². The van der Waals surface area contributed by atoms with Crippen LogP contribution in [-0.2, 0) is 6.42 Å². The summed E-state index contributed by atoms with van der Waals surface area (Å²) in [5.41, 5.74) is 4.49. The van der Waals surface area contributed by atoms with Gasteiger partial charge in [-0.15, -0.1) is 0 Å². The highest BCUT2D eigenvalue weighted by atomic mass is 19.1. The second-order valence-electron chi connectivity index (χ2n) is 6.53. The lowest BCUT2D eigenvalue weighted by Crippen LogP contribution is -2.07. The highest BCUT2D eigenvalue weighted by molar-refractivity contribution is 5.37. The topological polar surface area (TPSA) is 0 Å². The lowest BCUT2D eigenvalue weighted by Gasteiger charge is -2.18. The molecule has 0 aliphatic rings. The van der Waals surface area contributed by atoms with Crippen molar-refractivity contribution in [3.8, 4) is 0 Å². The molecule has 0 aliphatic heterocycles. The smallest absolute Gasteiger partial charge is 0.130 e. The van der Waals surface area contributed by atoms with E-state index in [9.17, 15) is 8.78 Å². The van der Waals surface area contributed by atoms with Crippen LogP contribution in [0.15, 0.2) is 30.3 Å². The maximum atomic E-state index is 14.8. The molecule has 0 fully saturated rings. The van der Waals surface area contributed by atoms with Gasteiger partial charge in [-0.2, -0.15) is 0 Å². The van der Waals surface area contributed by atoms with Crippen molar-refractivity contribution >= 4 is 0 Å². The Hall–Kier alpha value is -1.70. The van der Waals surface area contributed by atoms with Gasteiger partial charge < -0.3 is 0 Å². The molecule has 0 bridgehead atoms. The molecule has 0 N–H and O–H groups in total. The Kier molecular flexibility index (Phi) is 5.00. The molecule has 118 valence electrons. The first-order valence-corrected chi connectivity index (χ1v) is 7.85. The van der Waals surface area contributed by atoms with E-state index in [-0.39, 0.29) is 23.5 Å². The summed E-state index contributed by atoms with van der Waals surface area (Å²) in [6.07, 6.45) is 0.579. The van der Waals surface area contributed by atoms with Crippen LogP contribution in [-0.4, -0.2) is 0 Å². The number of hydrogen-bond donors (Lipinski definition) is 0. The minimum absolute atomic E-state index is 0.0768. The monoisotopic (exact) mass is 302 g/mol. The molecule has 0 amide bonds. The Bertz CT molecular complexity index is 672. The fourth-order valence-corrected chi connectivity index (χ4v) is 3.18. The van der Waals surface area contributed by atoms with Crippen LogP contribution in [0.2, 0.25) is 0 Å². The van der Waals surface area contributed by atoms with Gasteiger partial charge in [0.2, 0.25) is 0 Å². The summed E-state index contributed by atoms with van der Waals surface area (Å²) >= 11 is 0. The van der Waals surface area contributed by atoms with Gasteiger partial charge in [0.05, 0.1) is 0 Å². The zero-order valence-corrected chi connectivity index (χ0v) is 14.0. The van der Waals surface area contributed by atoms with E-state index >= 15 is 0 Å². The standard InChI is InChI=1S/C20H24F2/c1-12(2)19-14(4)6-8-16(20(19)22)10-15(5)18-11-17(21)9-7-13(18)3/h6-9,11-12,15H,10H2,1-5H3. The summed E-state index contributed by atoms with van der Waals surface area (Å²) in [7, 11) is 0. The fourth-order valence-electron chi connectivity index (χ4n) is 3.18. The molecule has 2 rings (SSSR count). The Labute approximate surface area is 132 Å². The summed E-state index contributed by atoms with van der Waals surface area (Å²) in [6, 6.07) is 8.66. The minimum Gasteiger partial charge on any atom is -0.207 e. The van der Waals surface area contributed by atoms with Crippen LogP contribution in [0.3, 0.4) is 0 Å². The predicted molar refractivity (Wildman–Crippen MR) is 88.5 cm³/mol. The molecular weight excluding hydrogens is 278 g/mol. The average Bonchev–Trinajstić information content (AvgIpc) is 2.44. The van der Waals surface area contributed by atoms with Crippen molar-refractivity contribution in [3.63, 3.8) is 0 Å². The third kappa shape index (κ3) is 3.37. The minimum atomic E-state index is -0.236. The maximum Gasteiger partial charge on any atom is 0.130 e. The highest BCUT2D eigenvalue weighted by Gasteiger charge is 2.17. The lowest BCUT2D eigenvalue weighted by molar-refractivity contribution is 0.569. The van der Waals surface area contributed by atoms with Crippen molar-refractivity contribution in [3.05, 3.63) is 69.8 Å². The first-order chi connectivity index (χ1) is 10.3. The molecule has 2 aromatic carbocycles. The van der Waals surface area contributed by atoms with E-state index < -0.39 is 0 Å². The molecule has 2 heteroatoms. The number of aryl methyl sites for hydroxylation is 2. The van der Waals surface area contributed by atoms with Crippen molar-refractivity contribution in [1.82, 2.24) is 0 Å². The summed E-state index contributed by atoms with van der Waals surface area (Å²) in [6.45, 7) is 9.96. The van der Waals surface area contributed by atoms with Crippen molar-refractivity contribution in [1.29, 1.82) is 0 Å². The van der Waals surface area contributed by atoms with E-state index in [1.54, 1.807) is 12.1 Å². The molecule has 0 aliphatic carbocycles. The van der Waals surface area contributed by atoms with Crippen molar-refractivity contribution < 1.29 is 8.78 Å². The Balaban J connectivity index is 2.35. The van der Waals surface area contributed by atoms with E-state index in [0.29, 0.717) is 12.0 Å². The highest BCUT2D eigenvalue weighted by Crippen LogP contribution is 2.30. The molecule has 0 spiro atoms. The van der Waals surface area contributed by atoms with Gasteiger partial charge in [0.15, 0.2) is 0 Å². The average molecular weight is 302 g/mol. The molecule has 2 aromatic rings. The number of hydrogen-bond acceptors (Lipinski definition) is 0. The van der Waals surface area contributed by atoms with Crippen LogP contribution < -0.4 is 0 Å². The van der Waals surface area contributed by atoms with Crippen molar-refractivity contribution in [2.75, 3.05) is 0 Å². The van der Waals surface area contributed by atoms with Gasteiger partial charge in [0, 0.05) is 0 Å². The Morgan fingerprint density at radius 2 is 1.55 bits per heavy atom. The third-order valence-corrected chi connectivity index (χ3v) is 4.35. The van der Waals surface area contributed by atoms with Gasteiger partial charge in [-0.25, -0.2) is 8.78 Å². The lowest BCUT2D eigenvalue weighted by atomic mass is 9.87. The van der Waals surface area contributed by atoms with Crippen molar-refractivity contribution in [2.24, 2.45) is 0 Å². The van der Waals surface area contributed by atoms with Crippen molar-refractivity contribution in [2.45, 2.75) is 52.9 Å². The maximum absolute atomic E-state index is 14.8. The predicted octanol–water partition coefficient (Wildman–Crippen LogP) is 6.05. The van der Waals surface area contributed by atoms with E-state index in [1.165, 1.54) is 6.07 Å². The van der Waals surface area contributed by atoms with Gasteiger partial charge in [0.1, 0.15) is 11.6 Å². The fraction of sp³-hybridized carbons (Fsp3) is 0.400. The molecule has 1 unspecified atom stereocenters. The molecular formula is C20H24F2. The van der Waals surface area contributed by atoms with Gasteiger partial charge in [0.25, 0.3) is 0 Å². The summed E-state index contributed by atoms with van der Waals surface area (Å²) in [4.78, 5) is 0. The molecule has 22 heavy (non-hydrogen) atoms. The van der Waals surface area contributed by atoms with Gasteiger partial charge in [-0.1, -0.05) is 39.0 Å². The van der Waals surface area contributed by atoms with E-state index in [0.717, 1.165) is 22.3 Å². The number of halogens is 2. The van der Waals surface area contributed by atoms with Gasteiger partial charge >= 0.3 is 0 Å². The first-order valence-electron chi connectivity index (χ1n) is 7.85. The first kappa shape index (κ1) is 16.7. The molecule has 1 atom stereocenters. The van der Waals surface area contributed by atoms with Gasteiger partial charge in [-0.3, -0.25) is 0 Å². The Morgan fingerprint density at radius 3 is 2.18 bits per heavy atom. The molecule has 0 saturated heterocycles. The zero-order valence-electron chi connectivity index (χ0n) is 14.0. The third-order valence-electron chi connectivity index (χ3n) is 4.35. The molecule has 0 nitrogen and oxygen atoms in total. The Morgan fingerprint density at radius 1 is 0.909 bits per heavy atom. The van der Waals surface area contributed by atoms with Crippen LogP contribution in [0, 0.1) is 25.5 Å². The molecule has 0 radical (unpaired) electrons. The normalized spacial score (nSPS) is 12.7. The van der Waals surface area contributed by atoms with E-state index in [2.05, 4.69) is 0 Å². The van der Waals surface area contributed by atoms with Crippen LogP contribution in [0.4, 0.5) is 8.78 Å². The largest absolute Gasteiger partial charge is 0.207 e. The summed E-state index contributed by atoms with van der Waals surface area (Å²) in [5, 5.41) is 0. The summed E-state index contributed by atoms with van der Waals surface area (Å²) < 4.78 is 28.2. The van der Waals surface area contributed by atoms with E-state index in [1.807, 2.05) is 46.8 Å². The number of benzene rings is 2. The SMILES string of the molecule is Cc1ccc(F)cc1C(C)Cc1ccc(C)c(C(C)C)c1F. The van der Waals surface area contributed by atoms with Crippen LogP contribution >= 0.6 is 0 Å². The summed E-state index contributed by atoms with van der Waals surface area (Å²) in [5.74, 6) is -0.102. The second kappa shape index (κ2) is 6.60. The molecule has 0 aromatic heterocycles. The van der Waals surface area contributed by atoms with Gasteiger partial charge in [-0.05, 0) is 72.1 Å². The van der Waals surface area contributed by atoms with Crippen LogP contribution in [0.5, 0.6) is 0 Å². The molecule has 0 heterocycles.